The molecule has 0 bridgehead atoms. The molecule has 0 radical (unpaired) electrons. The molecule has 3 nitrogen and oxygen atoms in total. The van der Waals surface area contributed by atoms with Crippen LogP contribution in [0.5, 0.6) is 0 Å². The van der Waals surface area contributed by atoms with Gasteiger partial charge in [0.25, 0.3) is 0 Å². The zero-order valence-electron chi connectivity index (χ0n) is 10.9. The molecule has 0 spiro atoms. The predicted molar refractivity (Wildman–Crippen MR) is 72.9 cm³/mol. The number of rotatable bonds is 2. The van der Waals surface area contributed by atoms with Crippen molar-refractivity contribution in [3.05, 3.63) is 47.5 Å². The number of nitrogens with one attached hydrogen (secondary N) is 1. The minimum Gasteiger partial charge on any atom is -0.388 e. The van der Waals surface area contributed by atoms with Crippen molar-refractivity contribution in [2.75, 3.05) is 5.75 Å². The molecule has 0 saturated carbocycles. The predicted octanol–water partition coefficient (Wildman–Crippen LogP) is 3.43. The van der Waals surface area contributed by atoms with Gasteiger partial charge in [0.2, 0.25) is 0 Å². The number of aromatic amines is 1. The Bertz CT molecular complexity index is 628. The third kappa shape index (κ3) is 2.94. The molecule has 0 amide bonds. The van der Waals surface area contributed by atoms with Crippen LogP contribution in [0.25, 0.3) is 0 Å². The van der Waals surface area contributed by atoms with Crippen molar-refractivity contribution in [2.24, 2.45) is 5.92 Å². The third-order valence-corrected chi connectivity index (χ3v) is 4.83. The van der Waals surface area contributed by atoms with Gasteiger partial charge in [0, 0.05) is 35.4 Å². The van der Waals surface area contributed by atoms with Gasteiger partial charge in [-0.25, -0.2) is 4.98 Å². The Morgan fingerprint density at radius 2 is 2.19 bits per heavy atom. The molecule has 2 aromatic rings. The summed E-state index contributed by atoms with van der Waals surface area (Å²) in [6.45, 7) is 0. The van der Waals surface area contributed by atoms with E-state index in [4.69, 9.17) is 0 Å². The highest BCUT2D eigenvalue weighted by atomic mass is 32.2. The lowest BCUT2D eigenvalue weighted by molar-refractivity contribution is -0.137. The number of halogens is 3. The molecule has 21 heavy (non-hydrogen) atoms. The average molecular weight is 314 g/mol. The number of imidazole rings is 1. The van der Waals surface area contributed by atoms with E-state index in [1.54, 1.807) is 12.4 Å². The number of alkyl halides is 3. The smallest absolute Gasteiger partial charge is 0.388 e. The Morgan fingerprint density at radius 3 is 2.86 bits per heavy atom. The van der Waals surface area contributed by atoms with Crippen molar-refractivity contribution >= 4 is 11.8 Å². The maximum Gasteiger partial charge on any atom is 0.416 e. The van der Waals surface area contributed by atoms with Crippen molar-refractivity contribution in [1.29, 1.82) is 0 Å². The lowest BCUT2D eigenvalue weighted by Crippen LogP contribution is -2.23. The number of fused-ring (bicyclic) bond motifs is 1. The van der Waals surface area contributed by atoms with Crippen LogP contribution >= 0.6 is 11.8 Å². The summed E-state index contributed by atoms with van der Waals surface area (Å²) in [5, 5.41) is 10.4. The SMILES string of the molecule is O[C@@H]1c2ccc(C(F)(F)F)cc2SC[C@@H]1Cc1ncc[nH]1. The number of aliphatic hydroxyl groups is 1. The fourth-order valence-corrected chi connectivity index (χ4v) is 3.71. The molecule has 1 aromatic heterocycles. The van der Waals surface area contributed by atoms with Crippen molar-refractivity contribution in [3.8, 4) is 0 Å². The number of nitrogens with zero attached hydrogens (tertiary/aromatic N) is 1. The number of thioether (sulfide) groups is 1. The molecule has 0 unspecified atom stereocenters. The van der Waals surface area contributed by atoms with E-state index in [2.05, 4.69) is 9.97 Å². The molecular formula is C14H13F3N2OS. The second-order valence-electron chi connectivity index (χ2n) is 5.01. The molecule has 7 heteroatoms. The molecule has 0 saturated heterocycles. The highest BCUT2D eigenvalue weighted by Gasteiger charge is 2.34. The molecule has 1 aliphatic rings. The monoisotopic (exact) mass is 314 g/mol. The van der Waals surface area contributed by atoms with Crippen LogP contribution in [0, 0.1) is 5.92 Å². The largest absolute Gasteiger partial charge is 0.416 e. The Morgan fingerprint density at radius 1 is 1.38 bits per heavy atom. The molecule has 3 rings (SSSR count). The van der Waals surface area contributed by atoms with Crippen LogP contribution in [-0.4, -0.2) is 20.8 Å². The van der Waals surface area contributed by atoms with Crippen LogP contribution in [0.3, 0.4) is 0 Å². The number of H-pyrrole nitrogens is 1. The summed E-state index contributed by atoms with van der Waals surface area (Å²) >= 11 is 1.35. The molecule has 1 aromatic carbocycles. The second-order valence-corrected chi connectivity index (χ2v) is 6.07. The van der Waals surface area contributed by atoms with Crippen molar-refractivity contribution in [1.82, 2.24) is 9.97 Å². The van der Waals surface area contributed by atoms with Crippen molar-refractivity contribution in [3.63, 3.8) is 0 Å². The van der Waals surface area contributed by atoms with Gasteiger partial charge < -0.3 is 10.1 Å². The van der Waals surface area contributed by atoms with Crippen molar-refractivity contribution in [2.45, 2.75) is 23.6 Å². The second kappa shape index (κ2) is 5.38. The van der Waals surface area contributed by atoms with Crippen LogP contribution < -0.4 is 0 Å². The van der Waals surface area contributed by atoms with Crippen LogP contribution in [0.15, 0.2) is 35.5 Å². The third-order valence-electron chi connectivity index (χ3n) is 3.57. The number of aliphatic hydroxyl groups excluding tert-OH is 1. The highest BCUT2D eigenvalue weighted by molar-refractivity contribution is 7.99. The highest BCUT2D eigenvalue weighted by Crippen LogP contribution is 2.43. The van der Waals surface area contributed by atoms with E-state index in [1.807, 2.05) is 0 Å². The molecule has 0 aliphatic carbocycles. The summed E-state index contributed by atoms with van der Waals surface area (Å²) in [6.07, 6.45) is -1.20. The topological polar surface area (TPSA) is 48.9 Å². The van der Waals surface area contributed by atoms with Crippen LogP contribution in [0.1, 0.15) is 23.1 Å². The van der Waals surface area contributed by atoms with E-state index in [1.165, 1.54) is 17.8 Å². The van der Waals surface area contributed by atoms with Crippen LogP contribution in [-0.2, 0) is 12.6 Å². The van der Waals surface area contributed by atoms with Gasteiger partial charge in [0.15, 0.2) is 0 Å². The zero-order chi connectivity index (χ0) is 15.0. The standard InChI is InChI=1S/C14H13F3N2OS/c15-14(16,17)9-1-2-10-11(6-9)21-7-8(13(10)20)5-12-18-3-4-19-12/h1-4,6,8,13,20H,5,7H2,(H,18,19)/t8-,13-/m0/s1. The fraction of sp³-hybridized carbons (Fsp3) is 0.357. The first-order valence-corrected chi connectivity index (χ1v) is 7.44. The normalized spacial score (nSPS) is 22.1. The summed E-state index contributed by atoms with van der Waals surface area (Å²) in [7, 11) is 0. The van der Waals surface area contributed by atoms with Gasteiger partial charge in [0.1, 0.15) is 5.82 Å². The number of aromatic nitrogens is 2. The Kier molecular flexibility index (Phi) is 3.71. The Hall–Kier alpha value is -1.47. The van der Waals surface area contributed by atoms with Crippen LogP contribution in [0.4, 0.5) is 13.2 Å². The molecule has 1 aliphatic heterocycles. The maximum absolute atomic E-state index is 12.7. The Labute approximate surface area is 123 Å². The van der Waals surface area contributed by atoms with Gasteiger partial charge in [-0.1, -0.05) is 6.07 Å². The van der Waals surface area contributed by atoms with E-state index < -0.39 is 17.8 Å². The molecule has 2 N–H and O–H groups in total. The molecule has 2 atom stereocenters. The van der Waals surface area contributed by atoms with Crippen molar-refractivity contribution < 1.29 is 18.3 Å². The van der Waals surface area contributed by atoms with E-state index >= 15 is 0 Å². The fourth-order valence-electron chi connectivity index (χ4n) is 2.45. The summed E-state index contributed by atoms with van der Waals surface area (Å²) in [4.78, 5) is 7.61. The molecular weight excluding hydrogens is 301 g/mol. The first-order chi connectivity index (χ1) is 9.95. The number of hydrogen-bond donors (Lipinski definition) is 2. The quantitative estimate of drug-likeness (QED) is 0.893. The van der Waals surface area contributed by atoms with Gasteiger partial charge in [-0.15, -0.1) is 11.8 Å². The van der Waals surface area contributed by atoms with E-state index in [0.717, 1.165) is 18.0 Å². The van der Waals surface area contributed by atoms with Gasteiger partial charge in [0.05, 0.1) is 11.7 Å². The van der Waals surface area contributed by atoms with E-state index in [-0.39, 0.29) is 5.92 Å². The summed E-state index contributed by atoms with van der Waals surface area (Å²) in [6, 6.07) is 3.52. The zero-order valence-corrected chi connectivity index (χ0v) is 11.7. The summed E-state index contributed by atoms with van der Waals surface area (Å²) < 4.78 is 38.1. The summed E-state index contributed by atoms with van der Waals surface area (Å²) in [5.74, 6) is 1.27. The average Bonchev–Trinajstić information content (AvgIpc) is 2.93. The van der Waals surface area contributed by atoms with E-state index in [0.29, 0.717) is 22.6 Å². The first-order valence-electron chi connectivity index (χ1n) is 6.45. The van der Waals surface area contributed by atoms with Crippen LogP contribution in [0.2, 0.25) is 0 Å². The molecule has 2 heterocycles. The minimum absolute atomic E-state index is 0.0645. The minimum atomic E-state index is -4.36. The van der Waals surface area contributed by atoms with Gasteiger partial charge >= 0.3 is 6.18 Å². The van der Waals surface area contributed by atoms with Gasteiger partial charge in [-0.05, 0) is 17.7 Å². The lowest BCUT2D eigenvalue weighted by Gasteiger charge is -2.29. The maximum atomic E-state index is 12.7. The Balaban J connectivity index is 1.83. The summed E-state index contributed by atoms with van der Waals surface area (Å²) in [5.41, 5.74) is -0.110. The molecule has 112 valence electrons. The van der Waals surface area contributed by atoms with Gasteiger partial charge in [-0.3, -0.25) is 0 Å². The molecule has 0 fully saturated rings. The lowest BCUT2D eigenvalue weighted by atomic mass is 9.93. The first kappa shape index (κ1) is 14.5. The van der Waals surface area contributed by atoms with Gasteiger partial charge in [-0.2, -0.15) is 13.2 Å². The van der Waals surface area contributed by atoms with E-state index in [9.17, 15) is 18.3 Å². The number of benzene rings is 1. The number of hydrogen-bond acceptors (Lipinski definition) is 3.